The summed E-state index contributed by atoms with van der Waals surface area (Å²) in [4.78, 5) is 11.9. The van der Waals surface area contributed by atoms with Crippen molar-refractivity contribution in [3.63, 3.8) is 0 Å². The first kappa shape index (κ1) is 13.5. The predicted octanol–water partition coefficient (Wildman–Crippen LogP) is 2.07. The first-order chi connectivity index (χ1) is 7.74. The second kappa shape index (κ2) is 7.66. The zero-order valence-electron chi connectivity index (χ0n) is 10.7. The van der Waals surface area contributed by atoms with Crippen molar-refractivity contribution < 1.29 is 4.79 Å². The molecule has 0 saturated heterocycles. The van der Waals surface area contributed by atoms with Crippen LogP contribution in [0.2, 0.25) is 0 Å². The molecule has 0 aliphatic heterocycles. The van der Waals surface area contributed by atoms with E-state index in [9.17, 15) is 4.79 Å². The van der Waals surface area contributed by atoms with E-state index in [-0.39, 0.29) is 11.8 Å². The largest absolute Gasteiger partial charge is 0.354 e. The van der Waals surface area contributed by atoms with Gasteiger partial charge in [0.1, 0.15) is 0 Å². The second-order valence-electron chi connectivity index (χ2n) is 4.89. The standard InChI is InChI=1S/C13H26N2O/c1-3-14-11(2)10-15-13(16)12-8-6-4-5-7-9-12/h11-12,14H,3-10H2,1-2H3,(H,15,16)/t11-/m1/s1. The van der Waals surface area contributed by atoms with Crippen LogP contribution >= 0.6 is 0 Å². The van der Waals surface area contributed by atoms with Gasteiger partial charge >= 0.3 is 0 Å². The Hall–Kier alpha value is -0.570. The van der Waals surface area contributed by atoms with Gasteiger partial charge in [0.2, 0.25) is 5.91 Å². The molecule has 1 rings (SSSR count). The minimum atomic E-state index is 0.270. The van der Waals surface area contributed by atoms with Gasteiger partial charge in [-0.25, -0.2) is 0 Å². The maximum absolute atomic E-state index is 11.9. The lowest BCUT2D eigenvalue weighted by Crippen LogP contribution is -2.41. The highest BCUT2D eigenvalue weighted by atomic mass is 16.1. The van der Waals surface area contributed by atoms with Crippen molar-refractivity contribution in [1.29, 1.82) is 0 Å². The van der Waals surface area contributed by atoms with Gasteiger partial charge in [0, 0.05) is 18.5 Å². The van der Waals surface area contributed by atoms with Crippen LogP contribution in [0.25, 0.3) is 0 Å². The first-order valence-electron chi connectivity index (χ1n) is 6.75. The third-order valence-electron chi connectivity index (χ3n) is 3.36. The Morgan fingerprint density at radius 1 is 1.25 bits per heavy atom. The Balaban J connectivity index is 2.22. The molecule has 2 N–H and O–H groups in total. The van der Waals surface area contributed by atoms with Crippen LogP contribution in [-0.2, 0) is 4.79 Å². The summed E-state index contributed by atoms with van der Waals surface area (Å²) >= 11 is 0. The Morgan fingerprint density at radius 3 is 2.44 bits per heavy atom. The molecule has 0 heterocycles. The number of rotatable bonds is 5. The van der Waals surface area contributed by atoms with Crippen molar-refractivity contribution in [2.45, 2.75) is 58.4 Å². The van der Waals surface area contributed by atoms with Crippen molar-refractivity contribution >= 4 is 5.91 Å². The van der Waals surface area contributed by atoms with Gasteiger partial charge in [-0.3, -0.25) is 4.79 Å². The van der Waals surface area contributed by atoms with E-state index < -0.39 is 0 Å². The fourth-order valence-corrected chi connectivity index (χ4v) is 2.36. The Labute approximate surface area is 99.4 Å². The zero-order chi connectivity index (χ0) is 11.8. The summed E-state index contributed by atoms with van der Waals surface area (Å²) in [7, 11) is 0. The number of nitrogens with one attached hydrogen (secondary N) is 2. The minimum absolute atomic E-state index is 0.270. The second-order valence-corrected chi connectivity index (χ2v) is 4.89. The number of amides is 1. The maximum Gasteiger partial charge on any atom is 0.223 e. The molecular weight excluding hydrogens is 200 g/mol. The quantitative estimate of drug-likeness (QED) is 0.705. The molecule has 3 nitrogen and oxygen atoms in total. The SMILES string of the molecule is CCN[C@H](C)CNC(=O)C1CCCCCC1. The van der Waals surface area contributed by atoms with Gasteiger partial charge < -0.3 is 10.6 Å². The van der Waals surface area contributed by atoms with Crippen LogP contribution in [0.3, 0.4) is 0 Å². The summed E-state index contributed by atoms with van der Waals surface area (Å²) < 4.78 is 0. The van der Waals surface area contributed by atoms with Crippen molar-refractivity contribution in [3.05, 3.63) is 0 Å². The molecular formula is C13H26N2O. The monoisotopic (exact) mass is 226 g/mol. The van der Waals surface area contributed by atoms with Gasteiger partial charge in [-0.1, -0.05) is 32.6 Å². The molecule has 1 saturated carbocycles. The molecule has 1 fully saturated rings. The van der Waals surface area contributed by atoms with E-state index in [1.54, 1.807) is 0 Å². The van der Waals surface area contributed by atoms with Gasteiger partial charge in [-0.2, -0.15) is 0 Å². The molecule has 0 unspecified atom stereocenters. The number of carbonyl (C=O) groups is 1. The molecule has 0 aromatic carbocycles. The molecule has 0 spiro atoms. The number of likely N-dealkylation sites (N-methyl/N-ethyl adjacent to an activating group) is 1. The topological polar surface area (TPSA) is 41.1 Å². The summed E-state index contributed by atoms with van der Waals surface area (Å²) in [5, 5.41) is 6.36. The van der Waals surface area contributed by atoms with Crippen molar-refractivity contribution in [2.24, 2.45) is 5.92 Å². The van der Waals surface area contributed by atoms with Crippen LogP contribution in [-0.4, -0.2) is 25.0 Å². The zero-order valence-corrected chi connectivity index (χ0v) is 10.7. The number of hydrogen-bond acceptors (Lipinski definition) is 2. The molecule has 0 aromatic heterocycles. The Morgan fingerprint density at radius 2 is 1.88 bits per heavy atom. The van der Waals surface area contributed by atoms with E-state index in [1.165, 1.54) is 25.7 Å². The first-order valence-corrected chi connectivity index (χ1v) is 6.75. The third kappa shape index (κ3) is 4.97. The highest BCUT2D eigenvalue weighted by Gasteiger charge is 2.19. The molecule has 1 aliphatic rings. The molecule has 16 heavy (non-hydrogen) atoms. The van der Waals surface area contributed by atoms with E-state index in [0.717, 1.165) is 25.9 Å². The summed E-state index contributed by atoms with van der Waals surface area (Å²) in [6.45, 7) is 5.91. The van der Waals surface area contributed by atoms with Gasteiger partial charge in [0.05, 0.1) is 0 Å². The van der Waals surface area contributed by atoms with Crippen LogP contribution in [0.4, 0.5) is 0 Å². The average Bonchev–Trinajstić information content (AvgIpc) is 2.55. The molecule has 0 bridgehead atoms. The lowest BCUT2D eigenvalue weighted by molar-refractivity contribution is -0.125. The fraction of sp³-hybridized carbons (Fsp3) is 0.923. The lowest BCUT2D eigenvalue weighted by atomic mass is 9.99. The van der Waals surface area contributed by atoms with Crippen LogP contribution in [0, 0.1) is 5.92 Å². The molecule has 1 amide bonds. The van der Waals surface area contributed by atoms with E-state index in [4.69, 9.17) is 0 Å². The predicted molar refractivity (Wildman–Crippen MR) is 67.3 cm³/mol. The van der Waals surface area contributed by atoms with Crippen molar-refractivity contribution in [3.8, 4) is 0 Å². The molecule has 1 atom stereocenters. The van der Waals surface area contributed by atoms with Crippen LogP contribution < -0.4 is 10.6 Å². The van der Waals surface area contributed by atoms with Crippen molar-refractivity contribution in [2.75, 3.05) is 13.1 Å². The van der Waals surface area contributed by atoms with Crippen LogP contribution in [0.5, 0.6) is 0 Å². The van der Waals surface area contributed by atoms with Gasteiger partial charge in [0.15, 0.2) is 0 Å². The fourth-order valence-electron chi connectivity index (χ4n) is 2.36. The lowest BCUT2D eigenvalue weighted by Gasteiger charge is -2.17. The van der Waals surface area contributed by atoms with E-state index >= 15 is 0 Å². The van der Waals surface area contributed by atoms with Gasteiger partial charge in [-0.05, 0) is 26.3 Å². The minimum Gasteiger partial charge on any atom is -0.354 e. The highest BCUT2D eigenvalue weighted by molar-refractivity contribution is 5.78. The number of carbonyl (C=O) groups excluding carboxylic acids is 1. The third-order valence-corrected chi connectivity index (χ3v) is 3.36. The Bertz CT molecular complexity index is 198. The normalized spacial score (nSPS) is 20.1. The van der Waals surface area contributed by atoms with E-state index in [0.29, 0.717) is 6.04 Å². The maximum atomic E-state index is 11.9. The van der Waals surface area contributed by atoms with E-state index in [2.05, 4.69) is 24.5 Å². The molecule has 94 valence electrons. The molecule has 3 heteroatoms. The summed E-state index contributed by atoms with van der Waals surface area (Å²) in [6, 6.07) is 0.375. The number of hydrogen-bond donors (Lipinski definition) is 2. The summed E-state index contributed by atoms with van der Waals surface area (Å²) in [5.41, 5.74) is 0. The van der Waals surface area contributed by atoms with Crippen LogP contribution in [0.1, 0.15) is 52.4 Å². The Kier molecular flexibility index (Phi) is 6.46. The highest BCUT2D eigenvalue weighted by Crippen LogP contribution is 2.22. The average molecular weight is 226 g/mol. The molecule has 1 aliphatic carbocycles. The van der Waals surface area contributed by atoms with Crippen molar-refractivity contribution in [1.82, 2.24) is 10.6 Å². The van der Waals surface area contributed by atoms with Gasteiger partial charge in [-0.15, -0.1) is 0 Å². The summed E-state index contributed by atoms with van der Waals surface area (Å²) in [5.74, 6) is 0.544. The van der Waals surface area contributed by atoms with Gasteiger partial charge in [0.25, 0.3) is 0 Å². The molecule has 0 radical (unpaired) electrons. The smallest absolute Gasteiger partial charge is 0.223 e. The summed E-state index contributed by atoms with van der Waals surface area (Å²) in [6.07, 6.45) is 7.22. The van der Waals surface area contributed by atoms with E-state index in [1.807, 2.05) is 0 Å². The molecule has 0 aromatic rings. The van der Waals surface area contributed by atoms with Crippen LogP contribution in [0.15, 0.2) is 0 Å².